The van der Waals surface area contributed by atoms with Gasteiger partial charge in [-0.3, -0.25) is 9.79 Å². The van der Waals surface area contributed by atoms with Crippen molar-refractivity contribution >= 4 is 23.2 Å². The van der Waals surface area contributed by atoms with Gasteiger partial charge >= 0.3 is 0 Å². The highest BCUT2D eigenvalue weighted by molar-refractivity contribution is 6.49. The van der Waals surface area contributed by atoms with E-state index in [1.807, 2.05) is 38.1 Å². The van der Waals surface area contributed by atoms with Crippen molar-refractivity contribution < 1.29 is 14.5 Å². The number of nitrogens with zero attached hydrogens (tertiary/aromatic N) is 3. The fourth-order valence-electron chi connectivity index (χ4n) is 1.81. The van der Waals surface area contributed by atoms with Gasteiger partial charge in [0.25, 0.3) is 0 Å². The van der Waals surface area contributed by atoms with E-state index in [0.717, 1.165) is 16.8 Å². The highest BCUT2D eigenvalue weighted by Crippen LogP contribution is 2.13. The Morgan fingerprint density at radius 1 is 1.17 bits per heavy atom. The van der Waals surface area contributed by atoms with E-state index in [2.05, 4.69) is 20.6 Å². The van der Waals surface area contributed by atoms with Crippen molar-refractivity contribution in [3.63, 3.8) is 0 Å². The maximum atomic E-state index is 11.4. The van der Waals surface area contributed by atoms with E-state index < -0.39 is 0 Å². The molecule has 0 atom stereocenters. The summed E-state index contributed by atoms with van der Waals surface area (Å²) in [7, 11) is 3.01. The lowest BCUT2D eigenvalue weighted by Crippen LogP contribution is -2.36. The first kappa shape index (κ1) is 18.3. The molecule has 0 aliphatic heterocycles. The molecule has 0 aromatic heterocycles. The molecule has 0 unspecified atom stereocenters. The quantitative estimate of drug-likeness (QED) is 0.495. The number of oxime groups is 2. The SMILES string of the molecule is CN=C(NC(C)=O)C(=NOC)c1ccccc1CON=C(C)C. The van der Waals surface area contributed by atoms with Crippen molar-refractivity contribution in [2.45, 2.75) is 27.4 Å². The highest BCUT2D eigenvalue weighted by atomic mass is 16.6. The van der Waals surface area contributed by atoms with Crippen LogP contribution in [0.5, 0.6) is 0 Å². The number of nitrogens with one attached hydrogen (secondary N) is 1. The molecule has 0 saturated carbocycles. The number of rotatable bonds is 6. The molecule has 1 amide bonds. The average molecular weight is 318 g/mol. The van der Waals surface area contributed by atoms with Crippen LogP contribution in [0.15, 0.2) is 39.6 Å². The normalized spacial score (nSPS) is 11.7. The molecule has 1 aromatic rings. The summed E-state index contributed by atoms with van der Waals surface area (Å²) in [4.78, 5) is 25.7. The first-order valence-corrected chi connectivity index (χ1v) is 7.07. The highest BCUT2D eigenvalue weighted by Gasteiger charge is 2.17. The first-order chi connectivity index (χ1) is 11.0. The third-order valence-corrected chi connectivity index (χ3v) is 2.66. The van der Waals surface area contributed by atoms with Crippen LogP contribution < -0.4 is 5.32 Å². The molecule has 23 heavy (non-hydrogen) atoms. The average Bonchev–Trinajstić information content (AvgIpc) is 2.51. The van der Waals surface area contributed by atoms with Gasteiger partial charge in [-0.05, 0) is 13.8 Å². The van der Waals surface area contributed by atoms with Gasteiger partial charge in [-0.1, -0.05) is 34.6 Å². The second-order valence-corrected chi connectivity index (χ2v) is 4.84. The summed E-state index contributed by atoms with van der Waals surface area (Å²) in [5.41, 5.74) is 2.83. The molecule has 1 N–H and O–H groups in total. The first-order valence-electron chi connectivity index (χ1n) is 7.07. The molecule has 0 heterocycles. The Labute approximate surface area is 136 Å². The van der Waals surface area contributed by atoms with Gasteiger partial charge in [0.05, 0.1) is 5.71 Å². The standard InChI is InChI=1S/C16H22N4O3/c1-11(2)19-23-10-13-8-6-7-9-14(13)15(20-22-5)16(17-4)18-12(3)21/h6-9H,10H2,1-5H3,(H,17,18,21). The van der Waals surface area contributed by atoms with Crippen molar-refractivity contribution in [3.05, 3.63) is 35.4 Å². The van der Waals surface area contributed by atoms with Gasteiger partial charge in [0.15, 0.2) is 11.5 Å². The summed E-state index contributed by atoms with van der Waals surface area (Å²) >= 11 is 0. The smallest absolute Gasteiger partial charge is 0.222 e. The molecule has 1 rings (SSSR count). The van der Waals surface area contributed by atoms with Crippen molar-refractivity contribution in [2.24, 2.45) is 15.3 Å². The minimum atomic E-state index is -0.241. The van der Waals surface area contributed by atoms with E-state index >= 15 is 0 Å². The Morgan fingerprint density at radius 2 is 1.87 bits per heavy atom. The molecule has 7 heteroatoms. The van der Waals surface area contributed by atoms with Crippen LogP contribution in [0.2, 0.25) is 0 Å². The Hall–Kier alpha value is -2.70. The summed E-state index contributed by atoms with van der Waals surface area (Å²) in [6.45, 7) is 5.37. The number of benzene rings is 1. The van der Waals surface area contributed by atoms with Crippen molar-refractivity contribution in [2.75, 3.05) is 14.2 Å². The van der Waals surface area contributed by atoms with Gasteiger partial charge in [-0.2, -0.15) is 0 Å². The topological polar surface area (TPSA) is 84.6 Å². The largest absolute Gasteiger partial charge is 0.399 e. The minimum Gasteiger partial charge on any atom is -0.399 e. The number of aliphatic imine (C=N–C) groups is 1. The van der Waals surface area contributed by atoms with Gasteiger partial charge in [0.2, 0.25) is 5.91 Å². The maximum absolute atomic E-state index is 11.4. The van der Waals surface area contributed by atoms with Crippen LogP contribution >= 0.6 is 0 Å². The minimum absolute atomic E-state index is 0.241. The molecule has 124 valence electrons. The Bertz CT molecular complexity index is 632. The van der Waals surface area contributed by atoms with E-state index in [1.54, 1.807) is 7.05 Å². The fraction of sp³-hybridized carbons (Fsp3) is 0.375. The van der Waals surface area contributed by atoms with E-state index in [0.29, 0.717) is 11.5 Å². The van der Waals surface area contributed by atoms with Crippen LogP contribution in [0.3, 0.4) is 0 Å². The number of amides is 1. The van der Waals surface area contributed by atoms with Gasteiger partial charge in [-0.15, -0.1) is 0 Å². The molecule has 0 spiro atoms. The second-order valence-electron chi connectivity index (χ2n) is 4.84. The maximum Gasteiger partial charge on any atom is 0.222 e. The van der Waals surface area contributed by atoms with Crippen LogP contribution in [0.1, 0.15) is 31.9 Å². The van der Waals surface area contributed by atoms with Gasteiger partial charge in [-0.25, -0.2) is 0 Å². The Morgan fingerprint density at radius 3 is 2.43 bits per heavy atom. The van der Waals surface area contributed by atoms with E-state index in [4.69, 9.17) is 9.68 Å². The molecule has 0 aliphatic rings. The lowest BCUT2D eigenvalue weighted by atomic mass is 10.0. The Kier molecular flexibility index (Phi) is 7.45. The predicted octanol–water partition coefficient (Wildman–Crippen LogP) is 2.11. The zero-order chi connectivity index (χ0) is 17.2. The van der Waals surface area contributed by atoms with Crippen LogP contribution in [0.25, 0.3) is 0 Å². The van der Waals surface area contributed by atoms with E-state index in [-0.39, 0.29) is 12.5 Å². The summed E-state index contributed by atoms with van der Waals surface area (Å²) in [5.74, 6) is 0.0799. The molecule has 0 radical (unpaired) electrons. The summed E-state index contributed by atoms with van der Waals surface area (Å²) in [6, 6.07) is 7.49. The van der Waals surface area contributed by atoms with Crippen molar-refractivity contribution in [3.8, 4) is 0 Å². The monoisotopic (exact) mass is 318 g/mol. The van der Waals surface area contributed by atoms with Gasteiger partial charge in [0.1, 0.15) is 13.7 Å². The van der Waals surface area contributed by atoms with Crippen LogP contribution in [-0.2, 0) is 21.1 Å². The van der Waals surface area contributed by atoms with Crippen LogP contribution in [-0.4, -0.2) is 37.3 Å². The zero-order valence-electron chi connectivity index (χ0n) is 14.1. The molecule has 0 aliphatic carbocycles. The van der Waals surface area contributed by atoms with E-state index in [9.17, 15) is 4.79 Å². The summed E-state index contributed by atoms with van der Waals surface area (Å²) in [6.07, 6.45) is 0. The molecule has 7 nitrogen and oxygen atoms in total. The number of amidine groups is 1. The lowest BCUT2D eigenvalue weighted by Gasteiger charge is -2.13. The molecule has 0 bridgehead atoms. The third kappa shape index (κ3) is 5.90. The number of hydrogen-bond donors (Lipinski definition) is 1. The zero-order valence-corrected chi connectivity index (χ0v) is 14.1. The number of carbonyl (C=O) groups is 1. The molecule has 1 aromatic carbocycles. The van der Waals surface area contributed by atoms with Crippen LogP contribution in [0, 0.1) is 0 Å². The lowest BCUT2D eigenvalue weighted by molar-refractivity contribution is -0.117. The number of carbonyl (C=O) groups excluding carboxylic acids is 1. The Balaban J connectivity index is 3.20. The summed E-state index contributed by atoms with van der Waals surface area (Å²) < 4.78 is 0. The van der Waals surface area contributed by atoms with Gasteiger partial charge in [0, 0.05) is 25.1 Å². The van der Waals surface area contributed by atoms with Gasteiger partial charge < -0.3 is 15.0 Å². The number of hydrogen-bond acceptors (Lipinski definition) is 6. The second kappa shape index (κ2) is 9.34. The van der Waals surface area contributed by atoms with Crippen molar-refractivity contribution in [1.29, 1.82) is 0 Å². The molecule has 0 fully saturated rings. The van der Waals surface area contributed by atoms with Crippen LogP contribution in [0.4, 0.5) is 0 Å². The van der Waals surface area contributed by atoms with E-state index in [1.165, 1.54) is 14.0 Å². The fourth-order valence-corrected chi connectivity index (χ4v) is 1.81. The molecular weight excluding hydrogens is 296 g/mol. The molecular formula is C16H22N4O3. The third-order valence-electron chi connectivity index (χ3n) is 2.66. The summed E-state index contributed by atoms with van der Waals surface area (Å²) in [5, 5.41) is 10.6. The predicted molar refractivity (Wildman–Crippen MR) is 90.7 cm³/mol. The molecule has 0 saturated heterocycles. The van der Waals surface area contributed by atoms with Crippen molar-refractivity contribution in [1.82, 2.24) is 5.32 Å².